The Morgan fingerprint density at radius 2 is 1.68 bits per heavy atom. The second-order valence-electron chi connectivity index (χ2n) is 9.35. The Morgan fingerprint density at radius 1 is 0.968 bits per heavy atom. The second kappa shape index (κ2) is 9.10. The van der Waals surface area contributed by atoms with Crippen LogP contribution in [0.15, 0.2) is 60.9 Å². The van der Waals surface area contributed by atoms with E-state index in [0.717, 1.165) is 48.7 Å². The van der Waals surface area contributed by atoms with Crippen molar-refractivity contribution in [1.29, 1.82) is 0 Å². The first-order valence-electron chi connectivity index (χ1n) is 11.0. The largest absolute Gasteiger partial charge is 0.462 e. The topological polar surface area (TPSA) is 45.7 Å². The molecule has 1 fully saturated rings. The lowest BCUT2D eigenvalue weighted by Gasteiger charge is -2.37. The van der Waals surface area contributed by atoms with Gasteiger partial charge in [0.05, 0.1) is 24.1 Å². The highest BCUT2D eigenvalue weighted by Gasteiger charge is 2.20. The van der Waals surface area contributed by atoms with Crippen LogP contribution in [-0.4, -0.2) is 51.8 Å². The number of para-hydroxylation sites is 1. The van der Waals surface area contributed by atoms with E-state index in [0.29, 0.717) is 12.2 Å². The van der Waals surface area contributed by atoms with Crippen molar-refractivity contribution in [2.75, 3.05) is 42.6 Å². The molecular formula is C25H31N3O2Si. The number of carbonyl (C=O) groups is 1. The van der Waals surface area contributed by atoms with E-state index in [1.165, 1.54) is 5.69 Å². The fraction of sp³-hybridized carbons (Fsp3) is 0.360. The van der Waals surface area contributed by atoms with Crippen molar-refractivity contribution in [3.05, 3.63) is 66.5 Å². The van der Waals surface area contributed by atoms with Gasteiger partial charge in [-0.05, 0) is 30.3 Å². The van der Waals surface area contributed by atoms with Gasteiger partial charge < -0.3 is 14.5 Å². The summed E-state index contributed by atoms with van der Waals surface area (Å²) in [5, 5.41) is 2.10. The average molecular weight is 434 g/mol. The first kappa shape index (κ1) is 21.4. The molecule has 31 heavy (non-hydrogen) atoms. The van der Waals surface area contributed by atoms with E-state index in [1.54, 1.807) is 0 Å². The number of carbonyl (C=O) groups excluding carboxylic acids is 1. The molecule has 2 aromatic carbocycles. The quantitative estimate of drug-likeness (QED) is 0.402. The Labute approximate surface area is 185 Å². The summed E-state index contributed by atoms with van der Waals surface area (Å²) in [5.74, 6) is -0.239. The Morgan fingerprint density at radius 3 is 2.39 bits per heavy atom. The number of esters is 1. The number of pyridine rings is 1. The summed E-state index contributed by atoms with van der Waals surface area (Å²) >= 11 is 0. The highest BCUT2D eigenvalue weighted by molar-refractivity contribution is 6.76. The Balaban J connectivity index is 1.49. The number of benzene rings is 2. The lowest BCUT2D eigenvalue weighted by molar-refractivity contribution is 0.0525. The number of nitrogens with zero attached hydrogens (tertiary/aromatic N) is 3. The number of rotatable bonds is 6. The zero-order valence-corrected chi connectivity index (χ0v) is 19.7. The van der Waals surface area contributed by atoms with Gasteiger partial charge in [0.25, 0.3) is 0 Å². The van der Waals surface area contributed by atoms with Gasteiger partial charge in [0, 0.05) is 56.9 Å². The minimum Gasteiger partial charge on any atom is -0.462 e. The molecule has 1 aromatic heterocycles. The summed E-state index contributed by atoms with van der Waals surface area (Å²) in [4.78, 5) is 21.9. The van der Waals surface area contributed by atoms with E-state index in [1.807, 2.05) is 30.6 Å². The van der Waals surface area contributed by atoms with Gasteiger partial charge in [-0.15, -0.1) is 0 Å². The maximum atomic E-state index is 12.6. The molecule has 2 heterocycles. The van der Waals surface area contributed by atoms with Crippen LogP contribution in [0.25, 0.3) is 10.8 Å². The molecule has 0 aliphatic carbocycles. The molecule has 0 bridgehead atoms. The standard InChI is InChI=1S/C25H31N3O2Si/c1-31(2,3)16-15-30-25(29)20-9-10-21-18-26-19-24(23(21)17-20)28-13-11-27(12-14-28)22-7-5-4-6-8-22/h4-10,17-19H,11-16H2,1-3H3. The zero-order chi connectivity index (χ0) is 21.8. The Hall–Kier alpha value is -2.86. The van der Waals surface area contributed by atoms with E-state index in [4.69, 9.17) is 4.74 Å². The van der Waals surface area contributed by atoms with Gasteiger partial charge in [-0.3, -0.25) is 4.98 Å². The number of fused-ring (bicyclic) bond motifs is 1. The van der Waals surface area contributed by atoms with Crippen LogP contribution in [0, 0.1) is 0 Å². The van der Waals surface area contributed by atoms with Gasteiger partial charge in [-0.2, -0.15) is 0 Å². The first-order valence-corrected chi connectivity index (χ1v) is 14.7. The van der Waals surface area contributed by atoms with Crippen LogP contribution in [0.4, 0.5) is 11.4 Å². The monoisotopic (exact) mass is 433 g/mol. The van der Waals surface area contributed by atoms with Crippen LogP contribution < -0.4 is 9.80 Å². The van der Waals surface area contributed by atoms with Crippen molar-refractivity contribution in [2.24, 2.45) is 0 Å². The van der Waals surface area contributed by atoms with Crippen molar-refractivity contribution in [1.82, 2.24) is 4.98 Å². The third kappa shape index (κ3) is 5.25. The van der Waals surface area contributed by atoms with E-state index >= 15 is 0 Å². The number of ether oxygens (including phenoxy) is 1. The number of hydrogen-bond donors (Lipinski definition) is 0. The minimum atomic E-state index is -1.23. The normalized spacial score (nSPS) is 14.7. The van der Waals surface area contributed by atoms with Gasteiger partial charge in [0.2, 0.25) is 0 Å². The molecule has 6 heteroatoms. The molecule has 3 aromatic rings. The number of piperazine rings is 1. The van der Waals surface area contributed by atoms with Gasteiger partial charge in [0.15, 0.2) is 0 Å². The van der Waals surface area contributed by atoms with Crippen LogP contribution in [0.2, 0.25) is 25.7 Å². The molecule has 5 nitrogen and oxygen atoms in total. The fourth-order valence-electron chi connectivity index (χ4n) is 3.90. The van der Waals surface area contributed by atoms with Crippen molar-refractivity contribution >= 4 is 36.2 Å². The summed E-state index contributed by atoms with van der Waals surface area (Å²) in [6, 6.07) is 17.3. The third-order valence-electron chi connectivity index (χ3n) is 5.80. The van der Waals surface area contributed by atoms with Gasteiger partial charge in [-0.1, -0.05) is 43.9 Å². The molecular weight excluding hydrogens is 402 g/mol. The van der Waals surface area contributed by atoms with Crippen LogP contribution in [0.1, 0.15) is 10.4 Å². The summed E-state index contributed by atoms with van der Waals surface area (Å²) in [6.07, 6.45) is 3.78. The van der Waals surface area contributed by atoms with Gasteiger partial charge >= 0.3 is 5.97 Å². The van der Waals surface area contributed by atoms with E-state index in [-0.39, 0.29) is 5.97 Å². The molecule has 0 unspecified atom stereocenters. The van der Waals surface area contributed by atoms with Gasteiger partial charge in [0.1, 0.15) is 0 Å². The summed E-state index contributed by atoms with van der Waals surface area (Å²) in [6.45, 7) is 11.1. The molecule has 1 aliphatic rings. The van der Waals surface area contributed by atoms with Crippen LogP contribution >= 0.6 is 0 Å². The molecule has 4 rings (SSSR count). The number of hydrogen-bond acceptors (Lipinski definition) is 5. The Bertz CT molecular complexity index is 1040. The minimum absolute atomic E-state index is 0.239. The van der Waals surface area contributed by atoms with E-state index in [9.17, 15) is 4.79 Å². The molecule has 1 saturated heterocycles. The van der Waals surface area contributed by atoms with E-state index < -0.39 is 8.07 Å². The van der Waals surface area contributed by atoms with Crippen molar-refractivity contribution in [3.8, 4) is 0 Å². The van der Waals surface area contributed by atoms with Crippen molar-refractivity contribution in [3.63, 3.8) is 0 Å². The zero-order valence-electron chi connectivity index (χ0n) is 18.7. The third-order valence-corrected chi connectivity index (χ3v) is 7.51. The average Bonchev–Trinajstić information content (AvgIpc) is 2.78. The Kier molecular flexibility index (Phi) is 6.27. The highest BCUT2D eigenvalue weighted by atomic mass is 28.3. The summed E-state index contributed by atoms with van der Waals surface area (Å²) < 4.78 is 5.56. The molecule has 0 amide bonds. The predicted octanol–water partition coefficient (Wildman–Crippen LogP) is 5.06. The van der Waals surface area contributed by atoms with Crippen molar-refractivity contribution < 1.29 is 9.53 Å². The summed E-state index contributed by atoms with van der Waals surface area (Å²) in [5.41, 5.74) is 2.96. The summed E-state index contributed by atoms with van der Waals surface area (Å²) in [7, 11) is -1.23. The SMILES string of the molecule is C[Si](C)(C)CCOC(=O)c1ccc2cncc(N3CCN(c4ccccc4)CC3)c2c1. The van der Waals surface area contributed by atoms with E-state index in [2.05, 4.69) is 64.8 Å². The van der Waals surface area contributed by atoms with Gasteiger partial charge in [-0.25, -0.2) is 4.79 Å². The van der Waals surface area contributed by atoms with Crippen LogP contribution in [0.3, 0.4) is 0 Å². The smallest absolute Gasteiger partial charge is 0.338 e. The second-order valence-corrected chi connectivity index (χ2v) is 15.0. The number of aromatic nitrogens is 1. The lowest BCUT2D eigenvalue weighted by atomic mass is 10.1. The fourth-order valence-corrected chi connectivity index (χ4v) is 4.62. The maximum Gasteiger partial charge on any atom is 0.338 e. The first-order chi connectivity index (χ1) is 14.9. The van der Waals surface area contributed by atoms with Crippen molar-refractivity contribution in [2.45, 2.75) is 25.7 Å². The molecule has 0 radical (unpaired) electrons. The predicted molar refractivity (Wildman–Crippen MR) is 131 cm³/mol. The molecule has 0 atom stereocenters. The number of anilines is 2. The molecule has 0 spiro atoms. The molecule has 162 valence electrons. The molecule has 1 aliphatic heterocycles. The van der Waals surface area contributed by atoms with Crippen LogP contribution in [-0.2, 0) is 4.74 Å². The maximum absolute atomic E-state index is 12.6. The highest BCUT2D eigenvalue weighted by Crippen LogP contribution is 2.29. The molecule has 0 saturated carbocycles. The lowest BCUT2D eigenvalue weighted by Crippen LogP contribution is -2.46. The van der Waals surface area contributed by atoms with Crippen LogP contribution in [0.5, 0.6) is 0 Å². The molecule has 0 N–H and O–H groups in total.